The van der Waals surface area contributed by atoms with Crippen LogP contribution in [0.3, 0.4) is 0 Å². The van der Waals surface area contributed by atoms with Crippen LogP contribution in [-0.4, -0.2) is 0 Å². The third kappa shape index (κ3) is 0.543. The first kappa shape index (κ1) is 4.79. The number of hydrogen-bond acceptors (Lipinski definition) is 2. The summed E-state index contributed by atoms with van der Waals surface area (Å²) in [6.45, 7) is 0. The van der Waals surface area contributed by atoms with Crippen molar-refractivity contribution in [3.8, 4) is 11.1 Å². The molecule has 0 spiro atoms. The summed E-state index contributed by atoms with van der Waals surface area (Å²) in [6.07, 6.45) is 0. The van der Waals surface area contributed by atoms with Gasteiger partial charge in [-0.3, -0.25) is 0 Å². The standard InChI is InChI=1S/C6H4.N2/c1-2-5-4-6(5)3-1;1-2/h1-4H;. The molecule has 0 amide bonds. The summed E-state index contributed by atoms with van der Waals surface area (Å²) >= 11 is 0. The van der Waals surface area contributed by atoms with E-state index in [2.05, 4.69) is 24.3 Å². The summed E-state index contributed by atoms with van der Waals surface area (Å²) in [6, 6.07) is 8.48. The van der Waals surface area contributed by atoms with Crippen LogP contribution in [0.5, 0.6) is 0 Å². The summed E-state index contributed by atoms with van der Waals surface area (Å²) in [5.74, 6) is 0. The van der Waals surface area contributed by atoms with Gasteiger partial charge in [0.15, 0.2) is 0 Å². The molecule has 0 fully saturated rings. The van der Waals surface area contributed by atoms with Gasteiger partial charge in [-0.1, -0.05) is 18.2 Å². The van der Waals surface area contributed by atoms with Gasteiger partial charge < -0.3 is 0 Å². The molecule has 0 aliphatic heterocycles. The summed E-state index contributed by atoms with van der Waals surface area (Å²) in [5.41, 5.74) is 2.85. The summed E-state index contributed by atoms with van der Waals surface area (Å²) in [5, 5.41) is 12.0. The largest absolute Gasteiger partial charge is 0.0610 e. The van der Waals surface area contributed by atoms with Gasteiger partial charge in [0, 0.05) is 10.8 Å². The Balaban J connectivity index is 0.000000147. The molecule has 0 aromatic heterocycles. The predicted octanol–water partition coefficient (Wildman–Crippen LogP) is 1.70. The van der Waals surface area contributed by atoms with E-state index in [4.69, 9.17) is 10.8 Å². The van der Waals surface area contributed by atoms with Crippen LogP contribution in [0.1, 0.15) is 0 Å². The van der Waals surface area contributed by atoms with Crippen LogP contribution in [0.25, 0.3) is 11.1 Å². The van der Waals surface area contributed by atoms with Crippen molar-refractivity contribution >= 4 is 0 Å². The van der Waals surface area contributed by atoms with Gasteiger partial charge in [-0.25, -0.2) is 0 Å². The Kier molecular flexibility index (Phi) is 0.974. The van der Waals surface area contributed by atoms with Crippen LogP contribution in [0, 0.1) is 10.8 Å². The SMILES string of the molecule is N#N.c1cc2cc-2c1. The maximum atomic E-state index is 6.00. The van der Waals surface area contributed by atoms with Crippen molar-refractivity contribution in [1.82, 2.24) is 0 Å². The second-order valence-corrected chi connectivity index (χ2v) is 1.58. The molecule has 0 saturated heterocycles. The van der Waals surface area contributed by atoms with Crippen molar-refractivity contribution in [3.05, 3.63) is 24.3 Å². The predicted molar refractivity (Wildman–Crippen MR) is 28.9 cm³/mol. The first-order chi connectivity index (χ1) is 3.97. The smallest absolute Gasteiger partial charge is 0 e. The molecule has 2 rings (SSSR count). The molecule has 0 N–H and O–H groups in total. The zero-order valence-corrected chi connectivity index (χ0v) is 4.20. The average Bonchev–Trinajstić information content (AvgIpc) is 2.46. The van der Waals surface area contributed by atoms with Crippen LogP contribution < -0.4 is 0 Å². The Morgan fingerprint density at radius 2 is 1.50 bits per heavy atom. The van der Waals surface area contributed by atoms with E-state index in [9.17, 15) is 0 Å². The molecule has 38 valence electrons. The Labute approximate surface area is 47.2 Å². The van der Waals surface area contributed by atoms with Crippen LogP contribution in [-0.2, 0) is 0 Å². The molecule has 2 aliphatic carbocycles. The Bertz CT molecular complexity index is 198. The summed E-state index contributed by atoms with van der Waals surface area (Å²) < 4.78 is 0. The van der Waals surface area contributed by atoms with Crippen molar-refractivity contribution in [1.29, 1.82) is 10.8 Å². The lowest BCUT2D eigenvalue weighted by Gasteiger charge is -1.48. The van der Waals surface area contributed by atoms with E-state index in [0.29, 0.717) is 0 Å². The third-order valence-corrected chi connectivity index (χ3v) is 1.11. The first-order valence-corrected chi connectivity index (χ1v) is 2.27. The number of fused-ring (bicyclic) bond motifs is 1. The molecule has 8 heavy (non-hydrogen) atoms. The highest BCUT2D eigenvalue weighted by molar-refractivity contribution is 5.80. The van der Waals surface area contributed by atoms with E-state index >= 15 is 0 Å². The van der Waals surface area contributed by atoms with Crippen molar-refractivity contribution < 1.29 is 0 Å². The number of hydrogen-bond donors (Lipinski definition) is 0. The maximum absolute atomic E-state index is 6.00. The Morgan fingerprint density at radius 1 is 1.00 bits per heavy atom. The molecule has 0 bridgehead atoms. The molecule has 0 heterocycles. The van der Waals surface area contributed by atoms with E-state index < -0.39 is 0 Å². The van der Waals surface area contributed by atoms with Crippen LogP contribution in [0.15, 0.2) is 24.3 Å². The van der Waals surface area contributed by atoms with Crippen molar-refractivity contribution in [2.24, 2.45) is 0 Å². The molecule has 0 saturated carbocycles. The zero-order valence-electron chi connectivity index (χ0n) is 4.20. The highest BCUT2D eigenvalue weighted by Gasteiger charge is 2.06. The monoisotopic (exact) mass is 104 g/mol. The van der Waals surface area contributed by atoms with Crippen LogP contribution in [0.2, 0.25) is 0 Å². The fourth-order valence-electron chi connectivity index (χ4n) is 0.676. The average molecular weight is 104 g/mol. The molecule has 0 aromatic rings. The minimum atomic E-state index is 1.43. The van der Waals surface area contributed by atoms with Crippen LogP contribution >= 0.6 is 0 Å². The van der Waals surface area contributed by atoms with Gasteiger partial charge in [-0.05, 0) is 17.2 Å². The summed E-state index contributed by atoms with van der Waals surface area (Å²) in [4.78, 5) is 0. The fraction of sp³-hybridized carbons (Fsp3) is 0. The van der Waals surface area contributed by atoms with Gasteiger partial charge in [0.25, 0.3) is 0 Å². The minimum absolute atomic E-state index is 1.43. The van der Waals surface area contributed by atoms with Crippen molar-refractivity contribution in [2.45, 2.75) is 0 Å². The van der Waals surface area contributed by atoms with Gasteiger partial charge in [0.2, 0.25) is 0 Å². The van der Waals surface area contributed by atoms with E-state index in [-0.39, 0.29) is 0 Å². The second kappa shape index (κ2) is 1.63. The molecule has 2 aliphatic rings. The number of rotatable bonds is 0. The molecular weight excluding hydrogens is 100 g/mol. The van der Waals surface area contributed by atoms with E-state index in [1.807, 2.05) is 0 Å². The maximum Gasteiger partial charge on any atom is 0 e. The second-order valence-electron chi connectivity index (χ2n) is 1.58. The lowest BCUT2D eigenvalue weighted by molar-refractivity contribution is 1.15. The van der Waals surface area contributed by atoms with Crippen molar-refractivity contribution in [2.75, 3.05) is 0 Å². The molecule has 2 nitrogen and oxygen atoms in total. The van der Waals surface area contributed by atoms with E-state index in [1.54, 1.807) is 0 Å². The van der Waals surface area contributed by atoms with Gasteiger partial charge in [-0.15, -0.1) is 0 Å². The van der Waals surface area contributed by atoms with Crippen LogP contribution in [0.4, 0.5) is 0 Å². The number of nitrogens with zero attached hydrogens (tertiary/aromatic N) is 2. The highest BCUT2D eigenvalue weighted by atomic mass is 14.6. The first-order valence-electron chi connectivity index (χ1n) is 2.27. The Hall–Kier alpha value is -1.36. The molecule has 2 heteroatoms. The van der Waals surface area contributed by atoms with E-state index in [1.165, 1.54) is 11.1 Å². The van der Waals surface area contributed by atoms with E-state index in [0.717, 1.165) is 0 Å². The highest BCUT2D eigenvalue weighted by Crippen LogP contribution is 2.32. The van der Waals surface area contributed by atoms with Gasteiger partial charge >= 0.3 is 0 Å². The molecule has 0 aromatic carbocycles. The normalized spacial score (nSPS) is 8.75. The Morgan fingerprint density at radius 3 is 1.62 bits per heavy atom. The fourth-order valence-corrected chi connectivity index (χ4v) is 0.676. The quantitative estimate of drug-likeness (QED) is 0.477. The topological polar surface area (TPSA) is 47.6 Å². The molecular formula is C6H4N2. The van der Waals surface area contributed by atoms with Crippen molar-refractivity contribution in [3.63, 3.8) is 0 Å². The summed E-state index contributed by atoms with van der Waals surface area (Å²) in [7, 11) is 0. The lowest BCUT2D eigenvalue weighted by Crippen LogP contribution is -1.23. The molecule has 0 unspecified atom stereocenters. The lowest BCUT2D eigenvalue weighted by atomic mass is 10.6. The third-order valence-electron chi connectivity index (χ3n) is 1.11. The van der Waals surface area contributed by atoms with Gasteiger partial charge in [0.1, 0.15) is 0 Å². The minimum Gasteiger partial charge on any atom is -0.0610 e. The van der Waals surface area contributed by atoms with Gasteiger partial charge in [0.05, 0.1) is 0 Å². The zero-order chi connectivity index (χ0) is 5.98. The van der Waals surface area contributed by atoms with Gasteiger partial charge in [-0.2, -0.15) is 0 Å². The number of benzene rings is 1. The molecule has 0 radical (unpaired) electrons. The molecule has 0 atom stereocenters.